The summed E-state index contributed by atoms with van der Waals surface area (Å²) in [5, 5.41) is 3.48. The second kappa shape index (κ2) is 4.44. The number of amides is 1. The fourth-order valence-electron chi connectivity index (χ4n) is 1.56. The molecule has 1 aliphatic carbocycles. The molecule has 0 radical (unpaired) electrons. The van der Waals surface area contributed by atoms with Crippen molar-refractivity contribution in [3.05, 3.63) is 28.2 Å². The van der Waals surface area contributed by atoms with Gasteiger partial charge in [0.15, 0.2) is 0 Å². The molecule has 0 saturated heterocycles. The number of benzene rings is 1. The van der Waals surface area contributed by atoms with Crippen LogP contribution in [-0.4, -0.2) is 10.9 Å². The minimum atomic E-state index is -0.710. The molecule has 3 N–H and O–H groups in total. The van der Waals surface area contributed by atoms with Crippen LogP contribution in [0.2, 0.25) is 10.0 Å². The smallest absolute Gasteiger partial charge is 0.237 e. The third-order valence-corrected chi connectivity index (χ3v) is 3.88. The van der Waals surface area contributed by atoms with Crippen molar-refractivity contribution in [1.82, 2.24) is 0 Å². The molecule has 0 heterocycles. The van der Waals surface area contributed by atoms with Gasteiger partial charge in [0.25, 0.3) is 0 Å². The van der Waals surface area contributed by atoms with Crippen LogP contribution >= 0.6 is 35.4 Å². The SMILES string of the molecule is NC(=S)C1(C(=O)Nc2c(Cl)cccc2Cl)CC1. The van der Waals surface area contributed by atoms with Gasteiger partial charge in [0.2, 0.25) is 5.91 Å². The van der Waals surface area contributed by atoms with Gasteiger partial charge < -0.3 is 11.1 Å². The van der Waals surface area contributed by atoms with Gasteiger partial charge in [-0.15, -0.1) is 0 Å². The number of carbonyl (C=O) groups excluding carboxylic acids is 1. The van der Waals surface area contributed by atoms with Crippen molar-refractivity contribution >= 4 is 52.0 Å². The minimum Gasteiger partial charge on any atom is -0.392 e. The minimum absolute atomic E-state index is 0.221. The lowest BCUT2D eigenvalue weighted by atomic mass is 10.1. The molecule has 2 rings (SSSR count). The van der Waals surface area contributed by atoms with Gasteiger partial charge in [0.1, 0.15) is 0 Å². The molecule has 3 nitrogen and oxygen atoms in total. The molecular formula is C11H10Cl2N2OS. The van der Waals surface area contributed by atoms with Gasteiger partial charge in [0.05, 0.1) is 26.1 Å². The summed E-state index contributed by atoms with van der Waals surface area (Å²) < 4.78 is 0. The van der Waals surface area contributed by atoms with Gasteiger partial charge >= 0.3 is 0 Å². The Morgan fingerprint density at radius 2 is 1.88 bits per heavy atom. The van der Waals surface area contributed by atoms with Gasteiger partial charge in [-0.3, -0.25) is 4.79 Å². The molecule has 0 unspecified atom stereocenters. The summed E-state index contributed by atoms with van der Waals surface area (Å²) in [7, 11) is 0. The number of nitrogens with one attached hydrogen (secondary N) is 1. The van der Waals surface area contributed by atoms with Crippen LogP contribution in [0.15, 0.2) is 18.2 Å². The Morgan fingerprint density at radius 3 is 2.29 bits per heavy atom. The summed E-state index contributed by atoms with van der Waals surface area (Å²) in [4.78, 5) is 12.3. The van der Waals surface area contributed by atoms with Crippen molar-refractivity contribution in [2.45, 2.75) is 12.8 Å². The molecule has 0 aliphatic heterocycles. The lowest BCUT2D eigenvalue weighted by Gasteiger charge is -2.15. The van der Waals surface area contributed by atoms with Crippen molar-refractivity contribution in [2.24, 2.45) is 11.1 Å². The lowest BCUT2D eigenvalue weighted by Crippen LogP contribution is -2.35. The number of hydrogen-bond donors (Lipinski definition) is 2. The van der Waals surface area contributed by atoms with Crippen molar-refractivity contribution in [3.63, 3.8) is 0 Å². The maximum Gasteiger partial charge on any atom is 0.237 e. The lowest BCUT2D eigenvalue weighted by molar-refractivity contribution is -0.118. The summed E-state index contributed by atoms with van der Waals surface area (Å²) in [6.07, 6.45) is 1.35. The molecule has 0 atom stereocenters. The van der Waals surface area contributed by atoms with Crippen LogP contribution in [0.1, 0.15) is 12.8 Å². The standard InChI is InChI=1S/C11H10Cl2N2OS/c12-6-2-1-3-7(13)8(6)15-10(16)11(4-5-11)9(14)17/h1-3H,4-5H2,(H2,14,17)(H,15,16). The van der Waals surface area contributed by atoms with E-state index >= 15 is 0 Å². The van der Waals surface area contributed by atoms with E-state index in [9.17, 15) is 4.79 Å². The summed E-state index contributed by atoms with van der Waals surface area (Å²) in [6, 6.07) is 5.02. The fraction of sp³-hybridized carbons (Fsp3) is 0.273. The molecule has 90 valence electrons. The normalized spacial score (nSPS) is 16.4. The first-order chi connectivity index (χ1) is 7.97. The van der Waals surface area contributed by atoms with E-state index in [-0.39, 0.29) is 10.9 Å². The van der Waals surface area contributed by atoms with Gasteiger partial charge in [-0.1, -0.05) is 41.5 Å². The van der Waals surface area contributed by atoms with Crippen LogP contribution in [-0.2, 0) is 4.79 Å². The van der Waals surface area contributed by atoms with E-state index in [2.05, 4.69) is 5.32 Å². The van der Waals surface area contributed by atoms with Gasteiger partial charge in [-0.25, -0.2) is 0 Å². The zero-order valence-electron chi connectivity index (χ0n) is 8.80. The average Bonchev–Trinajstić information content (AvgIpc) is 3.04. The Bertz CT molecular complexity index is 480. The van der Waals surface area contributed by atoms with Crippen LogP contribution in [0.5, 0.6) is 0 Å². The quantitative estimate of drug-likeness (QED) is 0.841. The Kier molecular flexibility index (Phi) is 3.30. The van der Waals surface area contributed by atoms with E-state index < -0.39 is 5.41 Å². The number of anilines is 1. The van der Waals surface area contributed by atoms with Gasteiger partial charge in [-0.2, -0.15) is 0 Å². The molecule has 1 fully saturated rings. The Labute approximate surface area is 114 Å². The predicted octanol–water partition coefficient (Wildman–Crippen LogP) is 3.00. The summed E-state index contributed by atoms with van der Waals surface area (Å²) in [6.45, 7) is 0. The second-order valence-electron chi connectivity index (χ2n) is 4.00. The molecule has 1 amide bonds. The first kappa shape index (κ1) is 12.6. The first-order valence-corrected chi connectivity index (χ1v) is 6.19. The van der Waals surface area contributed by atoms with E-state index in [1.807, 2.05) is 0 Å². The molecule has 1 saturated carbocycles. The molecule has 0 spiro atoms. The van der Waals surface area contributed by atoms with Gasteiger partial charge in [0, 0.05) is 0 Å². The van der Waals surface area contributed by atoms with Crippen molar-refractivity contribution in [2.75, 3.05) is 5.32 Å². The number of thiocarbonyl (C=S) groups is 1. The van der Waals surface area contributed by atoms with Crippen LogP contribution in [0.4, 0.5) is 5.69 Å². The molecule has 1 aromatic carbocycles. The summed E-state index contributed by atoms with van der Waals surface area (Å²) >= 11 is 16.8. The topological polar surface area (TPSA) is 55.1 Å². The van der Waals surface area contributed by atoms with Gasteiger partial charge in [-0.05, 0) is 25.0 Å². The van der Waals surface area contributed by atoms with Crippen molar-refractivity contribution in [1.29, 1.82) is 0 Å². The second-order valence-corrected chi connectivity index (χ2v) is 5.25. The Morgan fingerprint density at radius 1 is 1.35 bits per heavy atom. The Hall–Kier alpha value is -0.840. The van der Waals surface area contributed by atoms with E-state index in [1.54, 1.807) is 18.2 Å². The van der Waals surface area contributed by atoms with E-state index in [0.717, 1.165) is 0 Å². The van der Waals surface area contributed by atoms with Crippen LogP contribution in [0.25, 0.3) is 0 Å². The number of rotatable bonds is 3. The van der Waals surface area contributed by atoms with Crippen LogP contribution < -0.4 is 11.1 Å². The zero-order valence-corrected chi connectivity index (χ0v) is 11.1. The highest BCUT2D eigenvalue weighted by Crippen LogP contribution is 2.47. The zero-order chi connectivity index (χ0) is 12.6. The number of nitrogens with two attached hydrogens (primary N) is 1. The highest BCUT2D eigenvalue weighted by molar-refractivity contribution is 7.80. The van der Waals surface area contributed by atoms with E-state index in [0.29, 0.717) is 28.6 Å². The van der Waals surface area contributed by atoms with Crippen LogP contribution in [0, 0.1) is 5.41 Å². The van der Waals surface area contributed by atoms with E-state index in [1.165, 1.54) is 0 Å². The number of para-hydroxylation sites is 1. The molecule has 0 bridgehead atoms. The highest BCUT2D eigenvalue weighted by Gasteiger charge is 2.52. The summed E-state index contributed by atoms with van der Waals surface area (Å²) in [5.41, 5.74) is 5.26. The maximum absolute atomic E-state index is 12.0. The molecular weight excluding hydrogens is 279 g/mol. The van der Waals surface area contributed by atoms with Crippen molar-refractivity contribution in [3.8, 4) is 0 Å². The summed E-state index contributed by atoms with van der Waals surface area (Å²) in [5.74, 6) is -0.236. The van der Waals surface area contributed by atoms with Crippen molar-refractivity contribution < 1.29 is 4.79 Å². The predicted molar refractivity (Wildman–Crippen MR) is 73.5 cm³/mol. The number of halogens is 2. The monoisotopic (exact) mass is 288 g/mol. The molecule has 6 heteroatoms. The first-order valence-electron chi connectivity index (χ1n) is 5.03. The number of hydrogen-bond acceptors (Lipinski definition) is 2. The fourth-order valence-corrected chi connectivity index (χ4v) is 2.35. The largest absolute Gasteiger partial charge is 0.392 e. The molecule has 0 aromatic heterocycles. The number of carbonyl (C=O) groups is 1. The molecule has 1 aliphatic rings. The third kappa shape index (κ3) is 2.25. The maximum atomic E-state index is 12.0. The van der Waals surface area contributed by atoms with E-state index in [4.69, 9.17) is 41.2 Å². The van der Waals surface area contributed by atoms with Crippen LogP contribution in [0.3, 0.4) is 0 Å². The third-order valence-electron chi connectivity index (χ3n) is 2.86. The highest BCUT2D eigenvalue weighted by atomic mass is 35.5. The Balaban J connectivity index is 2.23. The molecule has 1 aromatic rings. The average molecular weight is 289 g/mol. The molecule has 17 heavy (non-hydrogen) atoms.